The van der Waals surface area contributed by atoms with Gasteiger partial charge in [0.05, 0.1) is 5.69 Å². The van der Waals surface area contributed by atoms with Crippen LogP contribution in [-0.4, -0.2) is 15.6 Å². The topological polar surface area (TPSA) is 49.8 Å². The van der Waals surface area contributed by atoms with Crippen LogP contribution < -0.4 is 11.0 Å². The fourth-order valence-corrected chi connectivity index (χ4v) is 2.97. The Morgan fingerprint density at radius 2 is 1.75 bits per heavy atom. The molecule has 0 radical (unpaired) electrons. The van der Waals surface area contributed by atoms with Crippen molar-refractivity contribution in [3.8, 4) is 5.69 Å². The number of hydrogen-bond donors (Lipinski definition) is 2. The SMILES string of the molecule is O=c1[nH]ccn1-c1ccc(NC(C2CC2)C2CC2)cc1. The molecule has 0 atom stereocenters. The summed E-state index contributed by atoms with van der Waals surface area (Å²) in [4.78, 5) is 14.2. The van der Waals surface area contributed by atoms with Crippen molar-refractivity contribution < 1.29 is 0 Å². The number of hydrogen-bond acceptors (Lipinski definition) is 2. The molecule has 2 N–H and O–H groups in total. The van der Waals surface area contributed by atoms with E-state index >= 15 is 0 Å². The number of imidazole rings is 1. The highest BCUT2D eigenvalue weighted by atomic mass is 16.1. The van der Waals surface area contributed by atoms with Crippen LogP contribution in [0.15, 0.2) is 41.5 Å². The predicted molar refractivity (Wildman–Crippen MR) is 79.2 cm³/mol. The van der Waals surface area contributed by atoms with Crippen molar-refractivity contribution in [3.05, 3.63) is 47.1 Å². The summed E-state index contributed by atoms with van der Waals surface area (Å²) in [7, 11) is 0. The maximum absolute atomic E-state index is 11.6. The highest BCUT2D eigenvalue weighted by Crippen LogP contribution is 2.45. The lowest BCUT2D eigenvalue weighted by Gasteiger charge is -2.19. The summed E-state index contributed by atoms with van der Waals surface area (Å²) in [6.45, 7) is 0. The maximum atomic E-state index is 11.6. The second-order valence-electron chi connectivity index (χ2n) is 6.03. The Kier molecular flexibility index (Phi) is 2.69. The monoisotopic (exact) mass is 269 g/mol. The van der Waals surface area contributed by atoms with E-state index in [4.69, 9.17) is 0 Å². The second kappa shape index (κ2) is 4.54. The summed E-state index contributed by atoms with van der Waals surface area (Å²) in [5.74, 6) is 1.77. The molecule has 4 rings (SSSR count). The Labute approximate surface area is 117 Å². The third kappa shape index (κ3) is 2.26. The van der Waals surface area contributed by atoms with Crippen molar-refractivity contribution in [1.29, 1.82) is 0 Å². The van der Waals surface area contributed by atoms with Crippen LogP contribution in [0.1, 0.15) is 25.7 Å². The lowest BCUT2D eigenvalue weighted by atomic mass is 10.1. The van der Waals surface area contributed by atoms with Gasteiger partial charge in [-0.1, -0.05) is 0 Å². The summed E-state index contributed by atoms with van der Waals surface area (Å²) in [6.07, 6.45) is 8.93. The van der Waals surface area contributed by atoms with Gasteiger partial charge in [0.2, 0.25) is 0 Å². The average molecular weight is 269 g/mol. The van der Waals surface area contributed by atoms with E-state index in [2.05, 4.69) is 22.4 Å². The fraction of sp³-hybridized carbons (Fsp3) is 0.438. The first-order valence-electron chi connectivity index (χ1n) is 7.44. The molecule has 4 heteroatoms. The molecule has 104 valence electrons. The molecule has 2 fully saturated rings. The van der Waals surface area contributed by atoms with Crippen molar-refractivity contribution >= 4 is 5.69 Å². The summed E-state index contributed by atoms with van der Waals surface area (Å²) >= 11 is 0. The standard InChI is InChI=1S/C16H19N3O/c20-16-17-9-10-19(16)14-7-5-13(6-8-14)18-15(11-1-2-11)12-3-4-12/h5-12,15,18H,1-4H2,(H,17,20). The molecule has 2 saturated carbocycles. The molecule has 2 aliphatic rings. The summed E-state index contributed by atoms with van der Waals surface area (Å²) in [6, 6.07) is 8.80. The molecule has 2 aliphatic carbocycles. The van der Waals surface area contributed by atoms with Crippen LogP contribution >= 0.6 is 0 Å². The Morgan fingerprint density at radius 3 is 2.25 bits per heavy atom. The van der Waals surface area contributed by atoms with Gasteiger partial charge in [0.25, 0.3) is 0 Å². The first kappa shape index (κ1) is 11.8. The number of rotatable bonds is 5. The van der Waals surface area contributed by atoms with Crippen LogP contribution in [0.3, 0.4) is 0 Å². The Morgan fingerprint density at radius 1 is 1.10 bits per heavy atom. The summed E-state index contributed by atoms with van der Waals surface area (Å²) in [5, 5.41) is 3.69. The second-order valence-corrected chi connectivity index (χ2v) is 6.03. The van der Waals surface area contributed by atoms with Crippen molar-refractivity contribution in [2.24, 2.45) is 11.8 Å². The van der Waals surface area contributed by atoms with E-state index < -0.39 is 0 Å². The molecule has 0 saturated heterocycles. The molecular weight excluding hydrogens is 250 g/mol. The molecule has 0 spiro atoms. The molecule has 1 heterocycles. The van der Waals surface area contributed by atoms with Gasteiger partial charge in [0.1, 0.15) is 0 Å². The molecule has 0 aliphatic heterocycles. The zero-order valence-electron chi connectivity index (χ0n) is 11.4. The molecule has 1 aromatic heterocycles. The van der Waals surface area contributed by atoms with E-state index in [0.717, 1.165) is 17.5 Å². The summed E-state index contributed by atoms with van der Waals surface area (Å²) < 4.78 is 1.61. The number of benzene rings is 1. The van der Waals surface area contributed by atoms with Crippen molar-refractivity contribution in [3.63, 3.8) is 0 Å². The maximum Gasteiger partial charge on any atom is 0.330 e. The van der Waals surface area contributed by atoms with E-state index in [0.29, 0.717) is 6.04 Å². The van der Waals surface area contributed by atoms with Gasteiger partial charge in [-0.3, -0.25) is 4.57 Å². The van der Waals surface area contributed by atoms with Gasteiger partial charge in [-0.2, -0.15) is 0 Å². The van der Waals surface area contributed by atoms with Gasteiger partial charge in [0, 0.05) is 24.1 Å². The normalized spacial score (nSPS) is 18.4. The van der Waals surface area contributed by atoms with E-state index in [1.165, 1.54) is 31.4 Å². The number of H-pyrrole nitrogens is 1. The molecule has 4 nitrogen and oxygen atoms in total. The Hall–Kier alpha value is -1.97. The highest BCUT2D eigenvalue weighted by molar-refractivity contribution is 5.49. The lowest BCUT2D eigenvalue weighted by Crippen LogP contribution is -2.24. The molecule has 20 heavy (non-hydrogen) atoms. The molecule has 0 bridgehead atoms. The van der Waals surface area contributed by atoms with Crippen LogP contribution in [0.5, 0.6) is 0 Å². The van der Waals surface area contributed by atoms with Crippen LogP contribution in [0.25, 0.3) is 5.69 Å². The van der Waals surface area contributed by atoms with E-state index in [-0.39, 0.29) is 5.69 Å². The average Bonchev–Trinajstić information content (AvgIpc) is 3.36. The minimum absolute atomic E-state index is 0.0976. The van der Waals surface area contributed by atoms with Crippen LogP contribution in [0.4, 0.5) is 5.69 Å². The number of nitrogens with zero attached hydrogens (tertiary/aromatic N) is 1. The van der Waals surface area contributed by atoms with Crippen LogP contribution in [0.2, 0.25) is 0 Å². The van der Waals surface area contributed by atoms with Gasteiger partial charge in [-0.15, -0.1) is 0 Å². The minimum atomic E-state index is -0.0976. The zero-order valence-corrected chi connectivity index (χ0v) is 11.4. The molecular formula is C16H19N3O. The van der Waals surface area contributed by atoms with E-state index in [1.807, 2.05) is 12.1 Å². The third-order valence-corrected chi connectivity index (χ3v) is 4.39. The quantitative estimate of drug-likeness (QED) is 0.877. The largest absolute Gasteiger partial charge is 0.382 e. The van der Waals surface area contributed by atoms with Crippen LogP contribution in [-0.2, 0) is 0 Å². The zero-order chi connectivity index (χ0) is 13.5. The van der Waals surface area contributed by atoms with E-state index in [9.17, 15) is 4.79 Å². The number of aromatic amines is 1. The molecule has 2 aromatic rings. The van der Waals surface area contributed by atoms with Crippen molar-refractivity contribution in [2.75, 3.05) is 5.32 Å². The summed E-state index contributed by atoms with van der Waals surface area (Å²) in [5.41, 5.74) is 1.97. The van der Waals surface area contributed by atoms with Gasteiger partial charge in [-0.25, -0.2) is 4.79 Å². The molecule has 1 aromatic carbocycles. The third-order valence-electron chi connectivity index (χ3n) is 4.39. The smallest absolute Gasteiger partial charge is 0.330 e. The van der Waals surface area contributed by atoms with Gasteiger partial charge in [-0.05, 0) is 61.8 Å². The first-order chi connectivity index (χ1) is 9.81. The first-order valence-corrected chi connectivity index (χ1v) is 7.44. The van der Waals surface area contributed by atoms with Crippen molar-refractivity contribution in [2.45, 2.75) is 31.7 Å². The van der Waals surface area contributed by atoms with E-state index in [1.54, 1.807) is 17.0 Å². The number of anilines is 1. The van der Waals surface area contributed by atoms with Crippen LogP contribution in [0, 0.1) is 11.8 Å². The molecule has 0 amide bonds. The van der Waals surface area contributed by atoms with Gasteiger partial charge >= 0.3 is 5.69 Å². The minimum Gasteiger partial charge on any atom is -0.382 e. The van der Waals surface area contributed by atoms with Gasteiger partial charge < -0.3 is 10.3 Å². The van der Waals surface area contributed by atoms with Gasteiger partial charge in [0.15, 0.2) is 0 Å². The highest BCUT2D eigenvalue weighted by Gasteiger charge is 2.41. The molecule has 0 unspecified atom stereocenters. The number of nitrogens with one attached hydrogen (secondary N) is 2. The predicted octanol–water partition coefficient (Wildman–Crippen LogP) is 2.77. The number of aromatic nitrogens is 2. The fourth-order valence-electron chi connectivity index (χ4n) is 2.97. The Balaban J connectivity index is 1.52. The Bertz CT molecular complexity index is 635. The van der Waals surface area contributed by atoms with Crippen molar-refractivity contribution in [1.82, 2.24) is 9.55 Å². The lowest BCUT2D eigenvalue weighted by molar-refractivity contribution is 0.568.